The zero-order valence-corrected chi connectivity index (χ0v) is 48.5. The maximum atomic E-state index is 14.5. The largest absolute Gasteiger partial charge is 0.481 e. The molecule has 0 aromatic heterocycles. The third-order valence-electron chi connectivity index (χ3n) is 13.6. The van der Waals surface area contributed by atoms with Crippen molar-refractivity contribution in [2.75, 3.05) is 19.6 Å². The number of amides is 10. The summed E-state index contributed by atoms with van der Waals surface area (Å²) in [5, 5.41) is 30.6. The van der Waals surface area contributed by atoms with Gasteiger partial charge < -0.3 is 75.5 Å². The number of carbonyl (C=O) groups is 11. The standard InChI is InChI=1S/C55H92N14O12/c1-9-11-12-13-17-22-43(70)62-34(8)48(75)65-39(26-35-19-15-14-16-20-35)49(76)61-29-44(71)63-41(25-32(5)6)54(81)69-30-36(56)27-42(69)53(80)67-38(24-31(3)4)51(78)66-40(28-45(72)73)52(79)64-37(21-18-23-60-55(58)59)50(77)68-46(47(57)74)33(7)10-2/h14-16,19-20,31-34,36-42,46H,9-13,17-18,21-30,56H2,1-8H3,(H2,57,74)(H,61,76)(H,62,70)(H,63,71)(H,64,79)(H,65,75)(H,66,78)(H,67,80)(H,68,77)(H,72,73)(H4,58,59,60)/t33-,34+,36+,37-,38-,39-,40-,41-,42-,46-/m0/s1. The predicted octanol–water partition coefficient (Wildman–Crippen LogP) is -0.801. The Kier molecular flexibility index (Phi) is 31.1. The molecule has 1 saturated heterocycles. The number of hydrogen-bond acceptors (Lipinski definition) is 13. The number of nitrogens with zero attached hydrogens (tertiary/aromatic N) is 2. The van der Waals surface area contributed by atoms with Gasteiger partial charge in [-0.1, -0.05) is 111 Å². The highest BCUT2D eigenvalue weighted by Crippen LogP contribution is 2.21. The van der Waals surface area contributed by atoms with E-state index in [4.69, 9.17) is 22.9 Å². The summed E-state index contributed by atoms with van der Waals surface area (Å²) < 4.78 is 0. The Hall–Kier alpha value is -7.38. The molecule has 0 radical (unpaired) electrons. The topological polar surface area (TPSA) is 424 Å². The summed E-state index contributed by atoms with van der Waals surface area (Å²) in [7, 11) is 0. The van der Waals surface area contributed by atoms with Crippen LogP contribution in [0.4, 0.5) is 0 Å². The molecule has 0 spiro atoms. The number of aliphatic imine (C=N–C) groups is 1. The Labute approximate surface area is 475 Å². The van der Waals surface area contributed by atoms with Crippen LogP contribution in [-0.2, 0) is 59.2 Å². The molecule has 10 amide bonds. The Balaban J connectivity index is 2.30. The predicted molar refractivity (Wildman–Crippen MR) is 304 cm³/mol. The van der Waals surface area contributed by atoms with E-state index in [0.717, 1.165) is 25.7 Å². The lowest BCUT2D eigenvalue weighted by Crippen LogP contribution is -2.60. The zero-order valence-electron chi connectivity index (χ0n) is 48.5. The van der Waals surface area contributed by atoms with Gasteiger partial charge in [-0.3, -0.25) is 57.7 Å². The second kappa shape index (κ2) is 36.1. The average molecular weight is 1140 g/mol. The van der Waals surface area contributed by atoms with Crippen LogP contribution >= 0.6 is 0 Å². The summed E-state index contributed by atoms with van der Waals surface area (Å²) in [6.07, 6.45) is 4.61. The van der Waals surface area contributed by atoms with E-state index in [-0.39, 0.29) is 81.7 Å². The molecule has 1 aromatic rings. The van der Waals surface area contributed by atoms with Gasteiger partial charge >= 0.3 is 5.97 Å². The van der Waals surface area contributed by atoms with E-state index in [2.05, 4.69) is 54.5 Å². The molecule has 81 heavy (non-hydrogen) atoms. The minimum absolute atomic E-state index is 0.0197. The van der Waals surface area contributed by atoms with E-state index in [1.807, 2.05) is 13.8 Å². The third-order valence-corrected chi connectivity index (χ3v) is 13.6. The minimum atomic E-state index is -1.79. The molecule has 17 N–H and O–H groups in total. The zero-order chi connectivity index (χ0) is 60.9. The number of guanidine groups is 1. The van der Waals surface area contributed by atoms with Gasteiger partial charge in [-0.2, -0.15) is 0 Å². The van der Waals surface area contributed by atoms with Crippen molar-refractivity contribution in [3.8, 4) is 0 Å². The highest BCUT2D eigenvalue weighted by molar-refractivity contribution is 5.99. The first-order valence-electron chi connectivity index (χ1n) is 28.2. The molecule has 0 aliphatic carbocycles. The fourth-order valence-corrected chi connectivity index (χ4v) is 9.07. The van der Waals surface area contributed by atoms with E-state index in [1.165, 1.54) is 11.8 Å². The van der Waals surface area contributed by atoms with Crippen molar-refractivity contribution >= 4 is 71.0 Å². The van der Waals surface area contributed by atoms with Gasteiger partial charge in [-0.25, -0.2) is 0 Å². The first kappa shape index (κ1) is 69.7. The number of nitrogens with one attached hydrogen (secondary N) is 8. The monoisotopic (exact) mass is 1140 g/mol. The van der Waals surface area contributed by atoms with Crippen molar-refractivity contribution in [3.05, 3.63) is 35.9 Å². The molecule has 2 rings (SSSR count). The van der Waals surface area contributed by atoms with Crippen molar-refractivity contribution in [2.24, 2.45) is 45.7 Å². The molecular weight excluding hydrogens is 1050 g/mol. The molecule has 1 aliphatic heterocycles. The second-order valence-corrected chi connectivity index (χ2v) is 21.8. The van der Waals surface area contributed by atoms with Gasteiger partial charge in [-0.15, -0.1) is 0 Å². The molecule has 0 saturated carbocycles. The van der Waals surface area contributed by atoms with Crippen LogP contribution in [0.5, 0.6) is 0 Å². The average Bonchev–Trinajstić information content (AvgIpc) is 3.94. The van der Waals surface area contributed by atoms with Gasteiger partial charge in [0.15, 0.2) is 5.96 Å². The summed E-state index contributed by atoms with van der Waals surface area (Å²) in [5.41, 5.74) is 23.5. The normalized spacial score (nSPS) is 16.9. The molecule has 454 valence electrons. The van der Waals surface area contributed by atoms with Crippen LogP contribution in [0.2, 0.25) is 0 Å². The Morgan fingerprint density at radius 1 is 0.654 bits per heavy atom. The summed E-state index contributed by atoms with van der Waals surface area (Å²) in [4.78, 5) is 153. The number of unbranched alkanes of at least 4 members (excludes halogenated alkanes) is 4. The van der Waals surface area contributed by atoms with Gasteiger partial charge in [0, 0.05) is 32.0 Å². The van der Waals surface area contributed by atoms with E-state index in [1.54, 1.807) is 58.0 Å². The Morgan fingerprint density at radius 3 is 1.84 bits per heavy atom. The van der Waals surface area contributed by atoms with Gasteiger partial charge in [0.05, 0.1) is 13.0 Å². The van der Waals surface area contributed by atoms with Gasteiger partial charge in [0.25, 0.3) is 0 Å². The third kappa shape index (κ3) is 26.2. The Morgan fingerprint density at radius 2 is 1.25 bits per heavy atom. The maximum absolute atomic E-state index is 14.5. The SMILES string of the molecule is CCCCCCCC(=O)N[C@H](C)C(=O)N[C@@H](Cc1ccccc1)C(=O)NCC(=O)N[C@@H](CC(C)C)C(=O)N1C[C@H](N)C[C@H]1C(=O)N[C@@H](CC(C)C)C(=O)N[C@@H](CC(=O)O)C(=O)N[C@@H](CCCN=C(N)N)C(=O)N[C@H](C(N)=O)[C@@H](C)CC. The summed E-state index contributed by atoms with van der Waals surface area (Å²) in [6, 6.07) is -2.12. The summed E-state index contributed by atoms with van der Waals surface area (Å²) in [5.74, 6) is -10.1. The number of carboxylic acids is 1. The molecule has 26 nitrogen and oxygen atoms in total. The van der Waals surface area contributed by atoms with E-state index in [0.29, 0.717) is 18.4 Å². The van der Waals surface area contributed by atoms with E-state index in [9.17, 15) is 57.8 Å². The molecule has 0 unspecified atom stereocenters. The van der Waals surface area contributed by atoms with Gasteiger partial charge in [0.1, 0.15) is 48.3 Å². The minimum Gasteiger partial charge on any atom is -0.481 e. The van der Waals surface area contributed by atoms with E-state index >= 15 is 0 Å². The highest BCUT2D eigenvalue weighted by atomic mass is 16.4. The molecule has 1 fully saturated rings. The lowest BCUT2D eigenvalue weighted by molar-refractivity contribution is -0.143. The highest BCUT2D eigenvalue weighted by Gasteiger charge is 2.43. The van der Waals surface area contributed by atoms with Crippen LogP contribution < -0.4 is 65.5 Å². The van der Waals surface area contributed by atoms with Crippen LogP contribution in [0.15, 0.2) is 35.3 Å². The number of primary amides is 1. The fraction of sp³-hybridized carbons (Fsp3) is 0.673. The molecule has 26 heteroatoms. The van der Waals surface area contributed by atoms with Crippen molar-refractivity contribution in [3.63, 3.8) is 0 Å². The van der Waals surface area contributed by atoms with Crippen molar-refractivity contribution in [1.82, 2.24) is 47.4 Å². The first-order valence-corrected chi connectivity index (χ1v) is 28.2. The molecule has 1 aliphatic rings. The van der Waals surface area contributed by atoms with Crippen LogP contribution in [0.25, 0.3) is 0 Å². The number of likely N-dealkylation sites (tertiary alicyclic amines) is 1. The smallest absolute Gasteiger partial charge is 0.305 e. The number of benzene rings is 1. The first-order chi connectivity index (χ1) is 38.2. The Bertz CT molecular complexity index is 2300. The van der Waals surface area contributed by atoms with Crippen molar-refractivity contribution < 1.29 is 57.8 Å². The van der Waals surface area contributed by atoms with Crippen LogP contribution in [0, 0.1) is 17.8 Å². The van der Waals surface area contributed by atoms with Crippen molar-refractivity contribution in [1.29, 1.82) is 0 Å². The fourth-order valence-electron chi connectivity index (χ4n) is 9.07. The molecule has 1 aromatic carbocycles. The molecular formula is C55H92N14O12. The number of rotatable bonds is 37. The van der Waals surface area contributed by atoms with Gasteiger partial charge in [0.2, 0.25) is 59.1 Å². The van der Waals surface area contributed by atoms with Gasteiger partial charge in [-0.05, 0) is 68.8 Å². The number of nitrogens with two attached hydrogens (primary N) is 4. The summed E-state index contributed by atoms with van der Waals surface area (Å²) >= 11 is 0. The summed E-state index contributed by atoms with van der Waals surface area (Å²) in [6.45, 7) is 13.5. The number of aliphatic carboxylic acids is 1. The number of carboxylic acid groups (broad SMARTS) is 1. The number of carbonyl (C=O) groups excluding carboxylic acids is 10. The van der Waals surface area contributed by atoms with E-state index < -0.39 is 132 Å². The quantitative estimate of drug-likeness (QED) is 0.0220. The lowest BCUT2D eigenvalue weighted by Gasteiger charge is -2.31. The molecule has 10 atom stereocenters. The van der Waals surface area contributed by atoms with Crippen LogP contribution in [0.3, 0.4) is 0 Å². The second-order valence-electron chi connectivity index (χ2n) is 21.8. The lowest BCUT2D eigenvalue weighted by atomic mass is 9.97. The van der Waals surface area contributed by atoms with Crippen molar-refractivity contribution in [2.45, 2.75) is 200 Å². The maximum Gasteiger partial charge on any atom is 0.305 e. The molecule has 0 bridgehead atoms. The van der Waals surface area contributed by atoms with Crippen LogP contribution in [-0.4, -0.2) is 155 Å². The van der Waals surface area contributed by atoms with Crippen LogP contribution in [0.1, 0.15) is 144 Å². The molecule has 1 heterocycles. The number of hydrogen-bond donors (Lipinski definition) is 13.